The highest BCUT2D eigenvalue weighted by molar-refractivity contribution is 6.19. The van der Waals surface area contributed by atoms with Crippen LogP contribution in [0.2, 0.25) is 0 Å². The van der Waals surface area contributed by atoms with Crippen LogP contribution in [0.25, 0.3) is 0 Å². The van der Waals surface area contributed by atoms with Gasteiger partial charge in [0, 0.05) is 7.05 Å². The van der Waals surface area contributed by atoms with Gasteiger partial charge >= 0.3 is 0 Å². The first kappa shape index (κ1) is 14.8. The van der Waals surface area contributed by atoms with Crippen molar-refractivity contribution in [1.82, 2.24) is 4.90 Å². The Balaban J connectivity index is 0.000000774. The third-order valence-corrected chi connectivity index (χ3v) is 3.49. The van der Waals surface area contributed by atoms with E-state index in [4.69, 9.17) is 4.79 Å². The normalized spacial score (nSPS) is 18.7. The Kier molecular flexibility index (Phi) is 4.08. The summed E-state index contributed by atoms with van der Waals surface area (Å²) in [7, 11) is 1.77. The van der Waals surface area contributed by atoms with Gasteiger partial charge in [-0.05, 0) is 26.0 Å². The number of aliphatic imine (C=N–C) groups is 1. The van der Waals surface area contributed by atoms with Crippen molar-refractivity contribution < 1.29 is 9.59 Å². The topological polar surface area (TPSA) is 53.0 Å². The van der Waals surface area contributed by atoms with Crippen molar-refractivity contribution in [2.24, 2.45) is 4.99 Å². The number of benzene rings is 1. The van der Waals surface area contributed by atoms with Crippen LogP contribution >= 0.6 is 0 Å². The molecule has 0 aliphatic carbocycles. The highest BCUT2D eigenvalue weighted by Gasteiger charge is 2.39. The molecule has 0 N–H and O–H groups in total. The molecule has 1 amide bonds. The molecular formula is C16H17N3O2. The molecule has 2 aliphatic heterocycles. The fraction of sp³-hybridized carbons (Fsp3) is 0.312. The van der Waals surface area contributed by atoms with Gasteiger partial charge in [-0.2, -0.15) is 0 Å². The summed E-state index contributed by atoms with van der Waals surface area (Å²) in [6.45, 7) is 6.43. The summed E-state index contributed by atoms with van der Waals surface area (Å²) in [4.78, 5) is 28.5. The number of hydrogen-bond acceptors (Lipinski definition) is 4. The molecule has 5 heteroatoms. The van der Waals surface area contributed by atoms with Crippen molar-refractivity contribution in [3.05, 3.63) is 29.3 Å². The summed E-state index contributed by atoms with van der Waals surface area (Å²) in [6, 6.07) is 5.96. The predicted octanol–water partition coefficient (Wildman–Crippen LogP) is 1.46. The minimum Gasteiger partial charge on any atom is -0.307 e. The van der Waals surface area contributed by atoms with Gasteiger partial charge < -0.3 is 4.79 Å². The number of guanidine groups is 1. The van der Waals surface area contributed by atoms with Crippen LogP contribution in [-0.4, -0.2) is 43.2 Å². The molecule has 5 nitrogen and oxygen atoms in total. The number of aryl methyl sites for hydroxylation is 1. The van der Waals surface area contributed by atoms with Crippen LogP contribution in [0.5, 0.6) is 0 Å². The van der Waals surface area contributed by atoms with Crippen molar-refractivity contribution in [1.29, 1.82) is 0 Å². The second-order valence-electron chi connectivity index (χ2n) is 4.81. The number of carbonyl (C=O) groups is 2. The number of rotatable bonds is 0. The van der Waals surface area contributed by atoms with Crippen LogP contribution in [-0.2, 0) is 4.79 Å². The monoisotopic (exact) mass is 283 g/mol. The first-order chi connectivity index (χ1) is 10.1. The first-order valence-corrected chi connectivity index (χ1v) is 6.57. The molecule has 0 radical (unpaired) electrons. The van der Waals surface area contributed by atoms with Crippen LogP contribution < -0.4 is 4.90 Å². The Morgan fingerprint density at radius 1 is 1.38 bits per heavy atom. The number of fused-ring (bicyclic) bond motifs is 3. The van der Waals surface area contributed by atoms with Gasteiger partial charge in [-0.25, -0.2) is 4.99 Å². The van der Waals surface area contributed by atoms with E-state index in [1.807, 2.05) is 38.8 Å². The third-order valence-electron chi connectivity index (χ3n) is 3.49. The van der Waals surface area contributed by atoms with E-state index in [-0.39, 0.29) is 11.9 Å². The molecule has 0 aromatic heterocycles. The van der Waals surface area contributed by atoms with Crippen molar-refractivity contribution in [3.63, 3.8) is 0 Å². The number of carbonyl (C=O) groups excluding carboxylic acids is 2. The fourth-order valence-corrected chi connectivity index (χ4v) is 2.59. The van der Waals surface area contributed by atoms with E-state index >= 15 is 0 Å². The molecule has 3 rings (SSSR count). The molecular weight excluding hydrogens is 266 g/mol. The Labute approximate surface area is 124 Å². The lowest BCUT2D eigenvalue weighted by Crippen LogP contribution is -2.51. The average Bonchev–Trinajstić information content (AvgIpc) is 2.91. The van der Waals surface area contributed by atoms with Gasteiger partial charge in [0.1, 0.15) is 12.8 Å². The lowest BCUT2D eigenvalue weighted by atomic mass is 10.0. The average molecular weight is 283 g/mol. The van der Waals surface area contributed by atoms with Gasteiger partial charge in [0.25, 0.3) is 5.91 Å². The Morgan fingerprint density at radius 3 is 2.76 bits per heavy atom. The molecule has 0 saturated heterocycles. The van der Waals surface area contributed by atoms with Gasteiger partial charge in [0.15, 0.2) is 0 Å². The SMILES string of the molecule is C=O.CC#C[C@H]1CN=C2N(C)C(=O)c3cc(C)ccc3N21. The highest BCUT2D eigenvalue weighted by atomic mass is 16.2. The van der Waals surface area contributed by atoms with Crippen molar-refractivity contribution in [3.8, 4) is 11.8 Å². The summed E-state index contributed by atoms with van der Waals surface area (Å²) in [5.41, 5.74) is 2.72. The highest BCUT2D eigenvalue weighted by Crippen LogP contribution is 2.32. The minimum absolute atomic E-state index is 0.00110. The lowest BCUT2D eigenvalue weighted by molar-refractivity contribution is -0.0980. The standard InChI is InChI=1S/C15H15N3O.CH2O/c1-4-5-11-9-16-15-17(3)14(19)12-8-10(2)6-7-13(12)18(11)15;1-2/h6-8,11H,9H2,1-3H3;1H2/t11-;/m0./s1. The molecule has 1 aromatic carbocycles. The van der Waals surface area contributed by atoms with Crippen molar-refractivity contribution >= 4 is 24.3 Å². The van der Waals surface area contributed by atoms with Crippen LogP contribution in [0.3, 0.4) is 0 Å². The maximum absolute atomic E-state index is 12.4. The number of anilines is 1. The maximum atomic E-state index is 12.4. The van der Waals surface area contributed by atoms with E-state index in [1.54, 1.807) is 11.9 Å². The predicted molar refractivity (Wildman–Crippen MR) is 82.4 cm³/mol. The molecule has 1 aromatic rings. The Hall–Kier alpha value is -2.61. The summed E-state index contributed by atoms with van der Waals surface area (Å²) >= 11 is 0. The number of amides is 1. The summed E-state index contributed by atoms with van der Waals surface area (Å²) in [5.74, 6) is 6.80. The van der Waals surface area contributed by atoms with E-state index in [1.165, 1.54) is 0 Å². The Bertz CT molecular complexity index is 670. The second-order valence-corrected chi connectivity index (χ2v) is 4.81. The number of hydrogen-bond donors (Lipinski definition) is 0. The van der Waals surface area contributed by atoms with E-state index in [2.05, 4.69) is 21.7 Å². The molecule has 21 heavy (non-hydrogen) atoms. The van der Waals surface area contributed by atoms with E-state index in [0.717, 1.165) is 16.8 Å². The molecule has 2 aliphatic rings. The molecule has 0 fully saturated rings. The summed E-state index contributed by atoms with van der Waals surface area (Å²) in [6.07, 6.45) is 0. The van der Waals surface area contributed by atoms with Crippen molar-refractivity contribution in [2.75, 3.05) is 18.5 Å². The van der Waals surface area contributed by atoms with Crippen LogP contribution in [0, 0.1) is 18.8 Å². The van der Waals surface area contributed by atoms with E-state index < -0.39 is 0 Å². The van der Waals surface area contributed by atoms with Crippen LogP contribution in [0.15, 0.2) is 23.2 Å². The van der Waals surface area contributed by atoms with E-state index in [9.17, 15) is 4.79 Å². The Morgan fingerprint density at radius 2 is 2.10 bits per heavy atom. The van der Waals surface area contributed by atoms with E-state index in [0.29, 0.717) is 12.5 Å². The molecule has 0 spiro atoms. The van der Waals surface area contributed by atoms with Gasteiger partial charge in [-0.1, -0.05) is 17.6 Å². The molecule has 0 saturated carbocycles. The van der Waals surface area contributed by atoms with Gasteiger partial charge in [-0.3, -0.25) is 14.6 Å². The second kappa shape index (κ2) is 5.80. The molecule has 2 heterocycles. The zero-order valence-electron chi connectivity index (χ0n) is 12.4. The largest absolute Gasteiger partial charge is 0.307 e. The minimum atomic E-state index is -0.00110. The molecule has 1 atom stereocenters. The van der Waals surface area contributed by atoms with Crippen LogP contribution in [0.1, 0.15) is 22.8 Å². The molecule has 0 bridgehead atoms. The molecule has 0 unspecified atom stereocenters. The number of nitrogens with zero attached hydrogens (tertiary/aromatic N) is 3. The van der Waals surface area contributed by atoms with Gasteiger partial charge in [0.2, 0.25) is 5.96 Å². The maximum Gasteiger partial charge on any atom is 0.262 e. The zero-order valence-corrected chi connectivity index (χ0v) is 12.4. The molecule has 108 valence electrons. The fourth-order valence-electron chi connectivity index (χ4n) is 2.59. The quantitative estimate of drug-likeness (QED) is 0.677. The zero-order chi connectivity index (χ0) is 15.6. The van der Waals surface area contributed by atoms with Crippen molar-refractivity contribution in [2.45, 2.75) is 19.9 Å². The van der Waals surface area contributed by atoms with Gasteiger partial charge in [0.05, 0.1) is 17.8 Å². The van der Waals surface area contributed by atoms with Gasteiger partial charge in [-0.15, -0.1) is 5.92 Å². The lowest BCUT2D eigenvalue weighted by Gasteiger charge is -2.35. The summed E-state index contributed by atoms with van der Waals surface area (Å²) in [5, 5.41) is 0. The first-order valence-electron chi connectivity index (χ1n) is 6.57. The third kappa shape index (κ3) is 2.29. The smallest absolute Gasteiger partial charge is 0.262 e. The van der Waals surface area contributed by atoms with Crippen LogP contribution in [0.4, 0.5) is 5.69 Å². The summed E-state index contributed by atoms with van der Waals surface area (Å²) < 4.78 is 0.